The Bertz CT molecular complexity index is 825. The molecule has 0 aliphatic carbocycles. The Morgan fingerprint density at radius 1 is 1.35 bits per heavy atom. The van der Waals surface area contributed by atoms with Crippen LogP contribution in [-0.4, -0.2) is 39.8 Å². The number of carbonyl (C=O) groups is 1. The largest absolute Gasteiger partial charge is 0.355 e. The molecule has 7 nitrogen and oxygen atoms in total. The minimum Gasteiger partial charge on any atom is -0.355 e. The Labute approximate surface area is 165 Å². The Hall–Kier alpha value is -1.57. The zero-order chi connectivity index (χ0) is 17.3. The number of halogens is 2. The van der Waals surface area contributed by atoms with Gasteiger partial charge in [0.1, 0.15) is 0 Å². The summed E-state index contributed by atoms with van der Waals surface area (Å²) in [5.74, 6) is 0.0459. The van der Waals surface area contributed by atoms with Gasteiger partial charge >= 0.3 is 0 Å². The topological polar surface area (TPSA) is 91.8 Å². The van der Waals surface area contributed by atoms with E-state index in [1.807, 2.05) is 13.8 Å². The summed E-state index contributed by atoms with van der Waals surface area (Å²) in [5, 5.41) is 9.72. The average Bonchev–Trinajstić information content (AvgIpc) is 3.13. The molecule has 0 aromatic carbocycles. The fourth-order valence-electron chi connectivity index (χ4n) is 3.51. The van der Waals surface area contributed by atoms with Crippen LogP contribution in [0.15, 0.2) is 4.79 Å². The summed E-state index contributed by atoms with van der Waals surface area (Å²) in [6.45, 7) is 5.59. The zero-order valence-corrected chi connectivity index (χ0v) is 17.0. The van der Waals surface area contributed by atoms with Crippen molar-refractivity contribution in [2.75, 3.05) is 13.1 Å². The van der Waals surface area contributed by atoms with Gasteiger partial charge in [0.25, 0.3) is 5.56 Å². The number of H-pyrrole nitrogens is 1. The number of rotatable bonds is 5. The van der Waals surface area contributed by atoms with E-state index < -0.39 is 0 Å². The van der Waals surface area contributed by atoms with E-state index in [-0.39, 0.29) is 36.3 Å². The van der Waals surface area contributed by atoms with Gasteiger partial charge in [0.2, 0.25) is 5.91 Å². The van der Waals surface area contributed by atoms with Crippen LogP contribution in [0.1, 0.15) is 36.1 Å². The number of hydrogen-bond acceptors (Lipinski definition) is 4. The fraction of sp³-hybridized carbons (Fsp3) is 0.588. The second kappa shape index (κ2) is 9.39. The monoisotopic (exact) mass is 403 g/mol. The van der Waals surface area contributed by atoms with Crippen LogP contribution in [0.25, 0.3) is 11.0 Å². The van der Waals surface area contributed by atoms with Gasteiger partial charge < -0.3 is 10.6 Å². The maximum absolute atomic E-state index is 12.1. The molecule has 3 heterocycles. The smallest absolute Gasteiger partial charge is 0.273 e. The van der Waals surface area contributed by atoms with Gasteiger partial charge in [-0.15, -0.1) is 24.8 Å². The summed E-state index contributed by atoms with van der Waals surface area (Å²) in [7, 11) is 1.78. The van der Waals surface area contributed by atoms with Crippen molar-refractivity contribution < 1.29 is 4.79 Å². The van der Waals surface area contributed by atoms with Gasteiger partial charge in [0.15, 0.2) is 5.65 Å². The maximum Gasteiger partial charge on any atom is 0.273 e. The third kappa shape index (κ3) is 4.58. The van der Waals surface area contributed by atoms with Crippen molar-refractivity contribution in [3.8, 4) is 0 Å². The Kier molecular flexibility index (Phi) is 8.12. The maximum atomic E-state index is 12.1. The SMILES string of the molecule is Cc1nc2c(c(C)c1CCC(=O)NCC1CCCN1)c(=O)[nH]n2C.Cl.Cl. The number of amides is 1. The lowest BCUT2D eigenvalue weighted by molar-refractivity contribution is -0.121. The van der Waals surface area contributed by atoms with Crippen LogP contribution in [0, 0.1) is 13.8 Å². The van der Waals surface area contributed by atoms with Crippen LogP contribution in [0.5, 0.6) is 0 Å². The predicted octanol–water partition coefficient (Wildman–Crippen LogP) is 1.52. The minimum absolute atomic E-state index is 0. The quantitative estimate of drug-likeness (QED) is 0.705. The summed E-state index contributed by atoms with van der Waals surface area (Å²) in [5.41, 5.74) is 3.32. The third-order valence-corrected chi connectivity index (χ3v) is 4.89. The van der Waals surface area contributed by atoms with Crippen LogP contribution in [0.4, 0.5) is 0 Å². The standard InChI is InChI=1S/C17H25N5O2.2ClH/c1-10-13(6-7-14(23)19-9-12-5-4-8-18-12)11(2)20-16-15(10)17(24)21-22(16)3;;/h12,18H,4-9H2,1-3H3,(H,19,23)(H,21,24);2*1H. The molecule has 3 N–H and O–H groups in total. The van der Waals surface area contributed by atoms with E-state index in [2.05, 4.69) is 20.7 Å². The molecular formula is C17H27Cl2N5O2. The number of fused-ring (bicyclic) bond motifs is 1. The number of nitrogens with one attached hydrogen (secondary N) is 3. The number of aromatic nitrogens is 3. The van der Waals surface area contributed by atoms with Crippen molar-refractivity contribution >= 4 is 41.8 Å². The molecule has 9 heteroatoms. The summed E-state index contributed by atoms with van der Waals surface area (Å²) < 4.78 is 1.64. The third-order valence-electron chi connectivity index (χ3n) is 4.89. The van der Waals surface area contributed by atoms with E-state index in [4.69, 9.17) is 0 Å². The van der Waals surface area contributed by atoms with Crippen LogP contribution < -0.4 is 16.2 Å². The Morgan fingerprint density at radius 2 is 2.08 bits per heavy atom. The van der Waals surface area contributed by atoms with E-state index in [9.17, 15) is 9.59 Å². The zero-order valence-electron chi connectivity index (χ0n) is 15.3. The number of aryl methyl sites for hydroxylation is 3. The molecule has 0 bridgehead atoms. The predicted molar refractivity (Wildman–Crippen MR) is 108 cm³/mol. The first-order valence-electron chi connectivity index (χ1n) is 8.52. The molecule has 0 radical (unpaired) electrons. The fourth-order valence-corrected chi connectivity index (χ4v) is 3.51. The minimum atomic E-state index is -0.129. The molecule has 1 fully saturated rings. The molecule has 146 valence electrons. The highest BCUT2D eigenvalue weighted by atomic mass is 35.5. The first-order chi connectivity index (χ1) is 11.5. The molecule has 1 unspecified atom stereocenters. The second-order valence-corrected chi connectivity index (χ2v) is 6.60. The molecule has 1 atom stereocenters. The Morgan fingerprint density at radius 3 is 2.73 bits per heavy atom. The first kappa shape index (κ1) is 22.5. The number of carbonyl (C=O) groups excluding carboxylic acids is 1. The second-order valence-electron chi connectivity index (χ2n) is 6.60. The van der Waals surface area contributed by atoms with E-state index in [0.717, 1.165) is 29.8 Å². The van der Waals surface area contributed by atoms with E-state index in [1.54, 1.807) is 11.7 Å². The van der Waals surface area contributed by atoms with Gasteiger partial charge in [-0.1, -0.05) is 0 Å². The molecular weight excluding hydrogens is 377 g/mol. The lowest BCUT2D eigenvalue weighted by Gasteiger charge is -2.13. The van der Waals surface area contributed by atoms with Gasteiger partial charge in [-0.05, 0) is 50.8 Å². The highest BCUT2D eigenvalue weighted by Gasteiger charge is 2.17. The summed E-state index contributed by atoms with van der Waals surface area (Å²) >= 11 is 0. The van der Waals surface area contributed by atoms with Gasteiger partial charge in [-0.2, -0.15) is 0 Å². The van der Waals surface area contributed by atoms with E-state index >= 15 is 0 Å². The molecule has 1 amide bonds. The number of pyridine rings is 1. The molecule has 26 heavy (non-hydrogen) atoms. The van der Waals surface area contributed by atoms with Crippen molar-refractivity contribution in [1.29, 1.82) is 0 Å². The molecule has 0 spiro atoms. The van der Waals surface area contributed by atoms with Gasteiger partial charge in [0, 0.05) is 31.7 Å². The van der Waals surface area contributed by atoms with Crippen molar-refractivity contribution in [2.45, 2.75) is 45.6 Å². The van der Waals surface area contributed by atoms with Gasteiger partial charge in [0.05, 0.1) is 5.39 Å². The van der Waals surface area contributed by atoms with Crippen LogP contribution in [0.3, 0.4) is 0 Å². The molecule has 0 saturated carbocycles. The van der Waals surface area contributed by atoms with Crippen LogP contribution in [0.2, 0.25) is 0 Å². The van der Waals surface area contributed by atoms with Crippen molar-refractivity contribution in [1.82, 2.24) is 25.4 Å². The number of nitrogens with zero attached hydrogens (tertiary/aromatic N) is 2. The summed E-state index contributed by atoms with van der Waals surface area (Å²) in [6.07, 6.45) is 3.30. The van der Waals surface area contributed by atoms with Crippen molar-refractivity contribution in [3.63, 3.8) is 0 Å². The molecule has 1 aliphatic heterocycles. The highest BCUT2D eigenvalue weighted by molar-refractivity contribution is 5.85. The van der Waals surface area contributed by atoms with Crippen molar-refractivity contribution in [2.24, 2.45) is 7.05 Å². The van der Waals surface area contributed by atoms with Crippen molar-refractivity contribution in [3.05, 3.63) is 27.2 Å². The lowest BCUT2D eigenvalue weighted by atomic mass is 10.00. The van der Waals surface area contributed by atoms with Crippen LogP contribution >= 0.6 is 24.8 Å². The molecule has 3 rings (SSSR count). The van der Waals surface area contributed by atoms with E-state index in [1.165, 1.54) is 6.42 Å². The highest BCUT2D eigenvalue weighted by Crippen LogP contribution is 2.21. The molecule has 1 aliphatic rings. The number of hydrogen-bond donors (Lipinski definition) is 3. The molecule has 2 aromatic heterocycles. The first-order valence-corrected chi connectivity index (χ1v) is 8.52. The summed E-state index contributed by atoms with van der Waals surface area (Å²) in [4.78, 5) is 28.7. The Balaban J connectivity index is 0.00000169. The average molecular weight is 404 g/mol. The molecule has 1 saturated heterocycles. The van der Waals surface area contributed by atoms with Gasteiger partial charge in [-0.25, -0.2) is 4.98 Å². The normalized spacial score (nSPS) is 16.2. The molecule has 2 aromatic rings. The van der Waals surface area contributed by atoms with E-state index in [0.29, 0.717) is 36.5 Å². The van der Waals surface area contributed by atoms with Crippen LogP contribution in [-0.2, 0) is 18.3 Å². The number of aromatic amines is 1. The van der Waals surface area contributed by atoms with Gasteiger partial charge in [-0.3, -0.25) is 19.4 Å². The summed E-state index contributed by atoms with van der Waals surface area (Å²) in [6, 6.07) is 0.401. The lowest BCUT2D eigenvalue weighted by Crippen LogP contribution is -2.37.